The average Bonchev–Trinajstić information content (AvgIpc) is 3.02. The molecule has 0 aliphatic heterocycles. The maximum atomic E-state index is 13.5. The number of benzene rings is 4. The molecule has 0 amide bonds. The van der Waals surface area contributed by atoms with Gasteiger partial charge in [0.25, 0.3) is 0 Å². The predicted molar refractivity (Wildman–Crippen MR) is 145 cm³/mol. The van der Waals surface area contributed by atoms with Gasteiger partial charge in [0, 0.05) is 16.7 Å². The normalized spacial score (nSPS) is 13.6. The van der Waals surface area contributed by atoms with Crippen LogP contribution in [-0.4, -0.2) is 34.1 Å². The smallest absolute Gasteiger partial charge is 0.353 e. The highest BCUT2D eigenvalue weighted by Crippen LogP contribution is 2.29. The van der Waals surface area contributed by atoms with Crippen LogP contribution in [0, 0.1) is 0 Å². The molecule has 4 atom stereocenters. The minimum Gasteiger partial charge on any atom is -0.478 e. The Balaban J connectivity index is 1.61. The summed E-state index contributed by atoms with van der Waals surface area (Å²) >= 11 is 0. The van der Waals surface area contributed by atoms with Crippen molar-refractivity contribution in [1.82, 2.24) is 0 Å². The van der Waals surface area contributed by atoms with Gasteiger partial charge in [-0.15, -0.1) is 0 Å². The lowest BCUT2D eigenvalue weighted by molar-refractivity contribution is -0.186. The van der Waals surface area contributed by atoms with Gasteiger partial charge < -0.3 is 24.4 Å². The Kier molecular flexibility index (Phi) is 9.58. The van der Waals surface area contributed by atoms with Crippen molar-refractivity contribution in [2.75, 3.05) is 0 Å². The molecule has 41 heavy (non-hydrogen) atoms. The van der Waals surface area contributed by atoms with Gasteiger partial charge in [-0.05, 0) is 5.56 Å². The molecule has 4 rings (SSSR count). The first-order valence-electron chi connectivity index (χ1n) is 12.6. The number of aliphatic carboxylic acids is 1. The van der Waals surface area contributed by atoms with Crippen molar-refractivity contribution >= 4 is 23.9 Å². The van der Waals surface area contributed by atoms with Gasteiger partial charge >= 0.3 is 23.9 Å². The number of ether oxygens (including phenoxy) is 3. The molecule has 0 saturated heterocycles. The van der Waals surface area contributed by atoms with E-state index >= 15 is 0 Å². The molecular weight excluding hydrogens is 528 g/mol. The summed E-state index contributed by atoms with van der Waals surface area (Å²) in [6.07, 6.45) is -6.71. The van der Waals surface area contributed by atoms with E-state index in [1.165, 1.54) is 48.5 Å². The molecular formula is C32H26O9. The molecule has 9 heteroatoms. The summed E-state index contributed by atoms with van der Waals surface area (Å²) in [7, 11) is 0. The van der Waals surface area contributed by atoms with Crippen molar-refractivity contribution in [2.24, 2.45) is 0 Å². The van der Waals surface area contributed by atoms with E-state index in [9.17, 15) is 29.4 Å². The zero-order valence-corrected chi connectivity index (χ0v) is 21.6. The van der Waals surface area contributed by atoms with E-state index in [1.807, 2.05) is 0 Å². The highest BCUT2D eigenvalue weighted by atomic mass is 16.6. The summed E-state index contributed by atoms with van der Waals surface area (Å²) in [5.41, 5.74) is 0.881. The SMILES string of the molecule is O=C(O[C@H](C(=O)O[C@H](C(=O)O[C@H](C(=O)O)c1ccccc1)c1ccccc1)c1ccccc1)[C@@H](O)c1ccccc1. The number of carbonyl (C=O) groups is 4. The van der Waals surface area contributed by atoms with Gasteiger partial charge in [-0.1, -0.05) is 121 Å². The summed E-state index contributed by atoms with van der Waals surface area (Å²) < 4.78 is 16.3. The number of hydrogen-bond donors (Lipinski definition) is 2. The quantitative estimate of drug-likeness (QED) is 0.200. The lowest BCUT2D eigenvalue weighted by atomic mass is 10.1. The molecule has 4 aromatic rings. The van der Waals surface area contributed by atoms with Gasteiger partial charge in [0.1, 0.15) is 0 Å². The predicted octanol–water partition coefficient (Wildman–Crippen LogP) is 4.66. The fourth-order valence-corrected chi connectivity index (χ4v) is 3.96. The average molecular weight is 555 g/mol. The highest BCUT2D eigenvalue weighted by Gasteiger charge is 2.37. The molecule has 208 valence electrons. The summed E-state index contributed by atoms with van der Waals surface area (Å²) in [5.74, 6) is -4.82. The minimum absolute atomic E-state index is 0.200. The van der Waals surface area contributed by atoms with Crippen molar-refractivity contribution in [2.45, 2.75) is 24.4 Å². The highest BCUT2D eigenvalue weighted by molar-refractivity contribution is 5.87. The standard InChI is InChI=1S/C32H26O9/c33-25(21-13-5-1-6-14-21)30(36)40-27(23-17-9-3-10-18-23)32(38)41-28(24-19-11-4-12-20-24)31(37)39-26(29(34)35)22-15-7-2-8-16-22/h1-20,25-28,33H,(H,34,35)/t25-,26-,27-,28-/m0/s1. The second-order valence-corrected chi connectivity index (χ2v) is 8.83. The number of rotatable bonds is 11. The molecule has 0 aromatic heterocycles. The second-order valence-electron chi connectivity index (χ2n) is 8.83. The molecule has 9 nitrogen and oxygen atoms in total. The fourth-order valence-electron chi connectivity index (χ4n) is 3.96. The molecule has 4 aromatic carbocycles. The molecule has 2 N–H and O–H groups in total. The van der Waals surface area contributed by atoms with Crippen LogP contribution in [0.1, 0.15) is 46.7 Å². The second kappa shape index (κ2) is 13.7. The Hall–Kier alpha value is -5.28. The van der Waals surface area contributed by atoms with Crippen LogP contribution in [0.2, 0.25) is 0 Å². The molecule has 0 spiro atoms. The van der Waals surface area contributed by atoms with E-state index in [1.54, 1.807) is 72.8 Å². The topological polar surface area (TPSA) is 136 Å². The van der Waals surface area contributed by atoms with Gasteiger partial charge in [-0.25, -0.2) is 19.2 Å². The number of carboxylic acid groups (broad SMARTS) is 1. The van der Waals surface area contributed by atoms with E-state index in [0.717, 1.165) is 0 Å². The molecule has 0 aliphatic rings. The zero-order chi connectivity index (χ0) is 29.2. The maximum absolute atomic E-state index is 13.5. The number of aliphatic hydroxyl groups excluding tert-OH is 1. The number of carbonyl (C=O) groups excluding carboxylic acids is 3. The van der Waals surface area contributed by atoms with Crippen molar-refractivity contribution in [3.63, 3.8) is 0 Å². The van der Waals surface area contributed by atoms with Gasteiger partial charge in [0.05, 0.1) is 0 Å². The third-order valence-electron chi connectivity index (χ3n) is 6.00. The van der Waals surface area contributed by atoms with Gasteiger partial charge in [-0.3, -0.25) is 0 Å². The number of esters is 3. The van der Waals surface area contributed by atoms with Crippen LogP contribution in [0.5, 0.6) is 0 Å². The molecule has 0 heterocycles. The Bertz CT molecular complexity index is 1460. The summed E-state index contributed by atoms with van der Waals surface area (Å²) in [4.78, 5) is 51.6. The molecule has 0 saturated carbocycles. The van der Waals surface area contributed by atoms with Crippen LogP contribution >= 0.6 is 0 Å². The Morgan fingerprint density at radius 3 is 1.10 bits per heavy atom. The number of aliphatic hydroxyl groups is 1. The van der Waals surface area contributed by atoms with Crippen molar-refractivity contribution < 1.29 is 43.6 Å². The summed E-state index contributed by atoms with van der Waals surface area (Å²) in [5, 5.41) is 20.2. The monoisotopic (exact) mass is 554 g/mol. The molecule has 0 aliphatic carbocycles. The van der Waals surface area contributed by atoms with Crippen LogP contribution in [0.4, 0.5) is 0 Å². The number of carboxylic acids is 1. The first-order chi connectivity index (χ1) is 19.8. The van der Waals surface area contributed by atoms with Gasteiger partial charge in [0.2, 0.25) is 18.3 Å². The lowest BCUT2D eigenvalue weighted by Gasteiger charge is -2.24. The van der Waals surface area contributed by atoms with E-state index in [4.69, 9.17) is 14.2 Å². The number of hydrogen-bond acceptors (Lipinski definition) is 8. The fraction of sp³-hybridized carbons (Fsp3) is 0.125. The third kappa shape index (κ3) is 7.43. The van der Waals surface area contributed by atoms with Crippen molar-refractivity contribution in [3.05, 3.63) is 144 Å². The van der Waals surface area contributed by atoms with Crippen LogP contribution in [-0.2, 0) is 33.4 Å². The summed E-state index contributed by atoms with van der Waals surface area (Å²) in [6.45, 7) is 0. The minimum atomic E-state index is -1.70. The molecule has 0 bridgehead atoms. The molecule has 0 radical (unpaired) electrons. The van der Waals surface area contributed by atoms with Crippen LogP contribution in [0.25, 0.3) is 0 Å². The van der Waals surface area contributed by atoms with Gasteiger partial charge in [0.15, 0.2) is 6.10 Å². The van der Waals surface area contributed by atoms with Crippen LogP contribution in [0.3, 0.4) is 0 Å². The van der Waals surface area contributed by atoms with Crippen LogP contribution in [0.15, 0.2) is 121 Å². The summed E-state index contributed by atoms with van der Waals surface area (Å²) in [6, 6.07) is 31.7. The van der Waals surface area contributed by atoms with Gasteiger partial charge in [-0.2, -0.15) is 0 Å². The first kappa shape index (κ1) is 28.7. The van der Waals surface area contributed by atoms with E-state index in [2.05, 4.69) is 0 Å². The largest absolute Gasteiger partial charge is 0.478 e. The van der Waals surface area contributed by atoms with E-state index < -0.39 is 48.3 Å². The van der Waals surface area contributed by atoms with Crippen LogP contribution < -0.4 is 0 Å². The lowest BCUT2D eigenvalue weighted by Crippen LogP contribution is -2.30. The molecule has 0 fully saturated rings. The molecule has 0 unspecified atom stereocenters. The Labute approximate surface area is 235 Å². The van der Waals surface area contributed by atoms with Crippen molar-refractivity contribution in [3.8, 4) is 0 Å². The van der Waals surface area contributed by atoms with E-state index in [0.29, 0.717) is 0 Å². The maximum Gasteiger partial charge on any atom is 0.353 e. The van der Waals surface area contributed by atoms with Crippen molar-refractivity contribution in [1.29, 1.82) is 0 Å². The Morgan fingerprint density at radius 1 is 0.439 bits per heavy atom. The first-order valence-corrected chi connectivity index (χ1v) is 12.6. The Morgan fingerprint density at radius 2 is 0.732 bits per heavy atom. The third-order valence-corrected chi connectivity index (χ3v) is 6.00. The zero-order valence-electron chi connectivity index (χ0n) is 21.6. The van der Waals surface area contributed by atoms with E-state index in [-0.39, 0.29) is 22.3 Å².